The van der Waals surface area contributed by atoms with Crippen molar-refractivity contribution in [2.45, 2.75) is 19.3 Å². The van der Waals surface area contributed by atoms with Crippen molar-refractivity contribution >= 4 is 17.9 Å². The van der Waals surface area contributed by atoms with E-state index in [0.29, 0.717) is 29.0 Å². The van der Waals surface area contributed by atoms with E-state index in [9.17, 15) is 9.18 Å². The fourth-order valence-electron chi connectivity index (χ4n) is 3.16. The van der Waals surface area contributed by atoms with E-state index in [1.54, 1.807) is 48.6 Å². The maximum Gasteiger partial charge on any atom is 0.188 e. The Hall–Kier alpha value is -3.24. The lowest BCUT2D eigenvalue weighted by Crippen LogP contribution is -2.05. The van der Waals surface area contributed by atoms with Crippen LogP contribution in [0.5, 0.6) is 5.75 Å². The number of carbonyl (C=O) groups is 1. The molecule has 30 heavy (non-hydrogen) atoms. The summed E-state index contributed by atoms with van der Waals surface area (Å²) >= 11 is 0. The molecular formula is C26H25FO3. The van der Waals surface area contributed by atoms with Gasteiger partial charge in [-0.15, -0.1) is 0 Å². The summed E-state index contributed by atoms with van der Waals surface area (Å²) in [6.07, 6.45) is 6.20. The van der Waals surface area contributed by atoms with Crippen molar-refractivity contribution in [2.75, 3.05) is 13.2 Å². The van der Waals surface area contributed by atoms with E-state index in [4.69, 9.17) is 9.84 Å². The first kappa shape index (κ1) is 21.5. The minimum Gasteiger partial charge on any atom is -0.493 e. The summed E-state index contributed by atoms with van der Waals surface area (Å²) in [4.78, 5) is 11.8. The number of aliphatic hydroxyl groups is 1. The summed E-state index contributed by atoms with van der Waals surface area (Å²) < 4.78 is 20.1. The summed E-state index contributed by atoms with van der Waals surface area (Å²) in [6.45, 7) is -0.0191. The summed E-state index contributed by atoms with van der Waals surface area (Å²) in [7, 11) is 0. The Morgan fingerprint density at radius 3 is 2.40 bits per heavy atom. The van der Waals surface area contributed by atoms with Crippen molar-refractivity contribution in [2.24, 2.45) is 0 Å². The molecule has 0 radical (unpaired) electrons. The number of benzene rings is 3. The molecule has 0 heterocycles. The maximum absolute atomic E-state index is 14.4. The molecule has 0 aliphatic carbocycles. The number of halogens is 1. The Labute approximate surface area is 176 Å². The number of unbranched alkanes of at least 4 members (excludes halogenated alkanes) is 1. The van der Waals surface area contributed by atoms with E-state index >= 15 is 0 Å². The number of aryl methyl sites for hydroxylation is 1. The molecule has 0 amide bonds. The fourth-order valence-corrected chi connectivity index (χ4v) is 3.16. The molecule has 0 aromatic heterocycles. The number of hydrogen-bond donors (Lipinski definition) is 1. The van der Waals surface area contributed by atoms with Gasteiger partial charge in [-0.1, -0.05) is 66.7 Å². The number of ketones is 1. The van der Waals surface area contributed by atoms with Gasteiger partial charge in [-0.3, -0.25) is 4.79 Å². The van der Waals surface area contributed by atoms with Crippen LogP contribution >= 0.6 is 0 Å². The van der Waals surface area contributed by atoms with Gasteiger partial charge < -0.3 is 9.84 Å². The highest BCUT2D eigenvalue weighted by Gasteiger charge is 2.08. The molecular weight excluding hydrogens is 379 g/mol. The maximum atomic E-state index is 14.4. The molecule has 0 saturated carbocycles. The molecule has 3 rings (SSSR count). The molecule has 0 unspecified atom stereocenters. The van der Waals surface area contributed by atoms with E-state index in [2.05, 4.69) is 12.1 Å². The minimum absolute atomic E-state index is 0.369. The highest BCUT2D eigenvalue weighted by Crippen LogP contribution is 2.20. The zero-order valence-corrected chi connectivity index (χ0v) is 16.8. The average molecular weight is 404 g/mol. The average Bonchev–Trinajstić information content (AvgIpc) is 2.78. The molecule has 0 bridgehead atoms. The predicted molar refractivity (Wildman–Crippen MR) is 118 cm³/mol. The van der Waals surface area contributed by atoms with Gasteiger partial charge in [0.1, 0.15) is 18.2 Å². The summed E-state index contributed by atoms with van der Waals surface area (Å²) in [5, 5.41) is 9.09. The van der Waals surface area contributed by atoms with Crippen LogP contribution in [0.25, 0.3) is 12.2 Å². The van der Waals surface area contributed by atoms with Crippen LogP contribution in [0.15, 0.2) is 72.8 Å². The zero-order valence-electron chi connectivity index (χ0n) is 16.8. The number of Topliss-reactive ketones (excluding diaryl/α,β-unsaturated/α-hetero) is 1. The molecule has 3 nitrogen and oxygen atoms in total. The number of carbonyl (C=O) groups excluding carboxylic acids is 1. The molecule has 0 aliphatic heterocycles. The second-order valence-corrected chi connectivity index (χ2v) is 6.98. The van der Waals surface area contributed by atoms with Gasteiger partial charge in [0.05, 0.1) is 6.61 Å². The van der Waals surface area contributed by atoms with E-state index < -0.39 is 6.61 Å². The van der Waals surface area contributed by atoms with Crippen LogP contribution in [0.1, 0.15) is 39.9 Å². The lowest BCUT2D eigenvalue weighted by Gasteiger charge is -2.08. The monoisotopic (exact) mass is 404 g/mol. The summed E-state index contributed by atoms with van der Waals surface area (Å²) in [5.74, 6) is -0.258. The third-order valence-corrected chi connectivity index (χ3v) is 4.79. The fraction of sp³-hybridized carbons (Fsp3) is 0.192. The Morgan fingerprint density at radius 2 is 1.63 bits per heavy atom. The first-order chi connectivity index (χ1) is 14.7. The third kappa shape index (κ3) is 6.13. The van der Waals surface area contributed by atoms with Crippen molar-refractivity contribution in [3.8, 4) is 5.75 Å². The summed E-state index contributed by atoms with van der Waals surface area (Å²) in [5.41, 5.74) is 2.75. The van der Waals surface area contributed by atoms with Gasteiger partial charge in [-0.05, 0) is 42.5 Å². The predicted octanol–water partition coefficient (Wildman–Crippen LogP) is 5.57. The number of hydrogen-bond acceptors (Lipinski definition) is 3. The molecule has 3 aromatic rings. The molecule has 0 fully saturated rings. The highest BCUT2D eigenvalue weighted by atomic mass is 19.1. The van der Waals surface area contributed by atoms with Gasteiger partial charge in [0.15, 0.2) is 5.78 Å². The molecule has 4 heteroatoms. The quantitative estimate of drug-likeness (QED) is 0.273. The number of rotatable bonds is 10. The van der Waals surface area contributed by atoms with Gasteiger partial charge in [0.25, 0.3) is 0 Å². The zero-order chi connectivity index (χ0) is 21.2. The topological polar surface area (TPSA) is 46.5 Å². The van der Waals surface area contributed by atoms with Crippen LogP contribution < -0.4 is 4.74 Å². The third-order valence-electron chi connectivity index (χ3n) is 4.79. The van der Waals surface area contributed by atoms with Crippen LogP contribution in [0.4, 0.5) is 4.39 Å². The standard InChI is InChI=1S/C26H25FO3/c27-25-18-23(30-17-7-6-10-20-8-2-1-3-9-20)16-15-22(25)14-13-21-11-4-5-12-24(21)26(29)19-28/h1-5,8-9,11-16,18,28H,6-7,10,17,19H2/b14-13+. The lowest BCUT2D eigenvalue weighted by atomic mass is 10.0. The van der Waals surface area contributed by atoms with Crippen LogP contribution in [0.2, 0.25) is 0 Å². The van der Waals surface area contributed by atoms with E-state index in [1.165, 1.54) is 11.6 Å². The lowest BCUT2D eigenvalue weighted by molar-refractivity contribution is 0.0903. The highest BCUT2D eigenvalue weighted by molar-refractivity contribution is 6.00. The van der Waals surface area contributed by atoms with Crippen molar-refractivity contribution in [1.29, 1.82) is 0 Å². The van der Waals surface area contributed by atoms with Gasteiger partial charge in [0.2, 0.25) is 0 Å². The normalized spacial score (nSPS) is 11.0. The van der Waals surface area contributed by atoms with Crippen LogP contribution in [0, 0.1) is 5.82 Å². The minimum atomic E-state index is -0.559. The van der Waals surface area contributed by atoms with Crippen molar-refractivity contribution < 1.29 is 19.0 Å². The van der Waals surface area contributed by atoms with Crippen LogP contribution in [0.3, 0.4) is 0 Å². The van der Waals surface area contributed by atoms with Crippen molar-refractivity contribution in [3.05, 3.63) is 101 Å². The Morgan fingerprint density at radius 1 is 0.900 bits per heavy atom. The molecule has 3 aromatic carbocycles. The molecule has 154 valence electrons. The molecule has 0 atom stereocenters. The molecule has 0 spiro atoms. The van der Waals surface area contributed by atoms with Crippen molar-refractivity contribution in [3.63, 3.8) is 0 Å². The number of ether oxygens (including phenoxy) is 1. The first-order valence-corrected chi connectivity index (χ1v) is 10.0. The second kappa shape index (κ2) is 11.1. The Bertz CT molecular complexity index is 996. The van der Waals surface area contributed by atoms with Gasteiger partial charge >= 0.3 is 0 Å². The molecule has 1 N–H and O–H groups in total. The van der Waals surface area contributed by atoms with Crippen molar-refractivity contribution in [1.82, 2.24) is 0 Å². The van der Waals surface area contributed by atoms with Gasteiger partial charge in [0, 0.05) is 17.2 Å². The Balaban J connectivity index is 1.54. The van der Waals surface area contributed by atoms with E-state index in [1.807, 2.05) is 18.2 Å². The number of aliphatic hydroxyl groups excluding tert-OH is 1. The second-order valence-electron chi connectivity index (χ2n) is 6.98. The SMILES string of the molecule is O=C(CO)c1ccccc1/C=C/c1ccc(OCCCCc2ccccc2)cc1F. The summed E-state index contributed by atoms with van der Waals surface area (Å²) in [6, 6.07) is 22.0. The smallest absolute Gasteiger partial charge is 0.188 e. The Kier molecular flexibility index (Phi) is 7.93. The first-order valence-electron chi connectivity index (χ1n) is 10.0. The van der Waals surface area contributed by atoms with Crippen LogP contribution in [-0.4, -0.2) is 24.1 Å². The largest absolute Gasteiger partial charge is 0.493 e. The van der Waals surface area contributed by atoms with Gasteiger partial charge in [-0.2, -0.15) is 0 Å². The van der Waals surface area contributed by atoms with E-state index in [0.717, 1.165) is 19.3 Å². The van der Waals surface area contributed by atoms with E-state index in [-0.39, 0.29) is 11.6 Å². The molecule has 0 saturated heterocycles. The molecule has 0 aliphatic rings. The van der Waals surface area contributed by atoms with Gasteiger partial charge in [-0.25, -0.2) is 4.39 Å². The van der Waals surface area contributed by atoms with Crippen LogP contribution in [-0.2, 0) is 6.42 Å².